The highest BCUT2D eigenvalue weighted by molar-refractivity contribution is 9.10. The van der Waals surface area contributed by atoms with Crippen LogP contribution in [0.25, 0.3) is 11.1 Å². The van der Waals surface area contributed by atoms with Crippen LogP contribution in [0.3, 0.4) is 0 Å². The topological polar surface area (TPSA) is 72.2 Å². The first-order valence-corrected chi connectivity index (χ1v) is 14.5. The molecule has 3 N–H and O–H groups in total. The van der Waals surface area contributed by atoms with Crippen LogP contribution in [-0.2, 0) is 4.79 Å². The third-order valence-electron chi connectivity index (χ3n) is 6.10. The second-order valence-corrected chi connectivity index (χ2v) is 10.6. The fourth-order valence-corrected chi connectivity index (χ4v) is 3.72. The number of nitrogens with two attached hydrogens (primary N) is 1. The van der Waals surface area contributed by atoms with E-state index < -0.39 is 10.4 Å². The molecular weight excluding hydrogens is 512 g/mol. The Balaban J connectivity index is 0.000000510. The van der Waals surface area contributed by atoms with Crippen molar-refractivity contribution in [2.45, 2.75) is 109 Å². The van der Waals surface area contributed by atoms with E-state index in [0.717, 1.165) is 0 Å². The molecule has 0 radical (unpaired) electrons. The van der Waals surface area contributed by atoms with Crippen LogP contribution in [0, 0.1) is 0 Å². The van der Waals surface area contributed by atoms with Gasteiger partial charge in [0.15, 0.2) is 0 Å². The monoisotopic (exact) mass is 560 g/mol. The van der Waals surface area contributed by atoms with Crippen molar-refractivity contribution in [2.75, 3.05) is 0 Å². The van der Waals surface area contributed by atoms with Gasteiger partial charge in [-0.1, -0.05) is 168 Å². The van der Waals surface area contributed by atoms with Gasteiger partial charge in [-0.15, -0.1) is 0 Å². The van der Waals surface area contributed by atoms with Crippen molar-refractivity contribution >= 4 is 27.9 Å². The zero-order valence-electron chi connectivity index (χ0n) is 23.0. The maximum absolute atomic E-state index is 11.3. The molecule has 2 aromatic rings. The lowest BCUT2D eigenvalue weighted by Crippen LogP contribution is -2.46. The van der Waals surface area contributed by atoms with Crippen molar-refractivity contribution < 1.29 is 9.59 Å². The molecule has 202 valence electrons. The van der Waals surface area contributed by atoms with Crippen molar-refractivity contribution in [1.29, 1.82) is 0 Å². The van der Waals surface area contributed by atoms with Crippen LogP contribution in [0.4, 0.5) is 4.79 Å². The van der Waals surface area contributed by atoms with Crippen LogP contribution in [0.1, 0.15) is 105 Å². The van der Waals surface area contributed by atoms with Gasteiger partial charge in [0.2, 0.25) is 5.91 Å². The standard InChI is InChI=1S/C12H10.C12H26.C7H13BrN2O2/c1-3-7-11(8-4-1)12-9-5-2-6-10-12;1-3-5-7-9-11-12-10-8-6-4-2;1-3-7(8,4-2)5(11)10-6(9)12/h1-10H;3-12H2,1-2H3;3-4H2,1-2H3,(H3,9,10,11,12). The summed E-state index contributed by atoms with van der Waals surface area (Å²) in [7, 11) is 0. The smallest absolute Gasteiger partial charge is 0.318 e. The molecule has 0 spiro atoms. The Kier molecular flexibility index (Phi) is 20.8. The van der Waals surface area contributed by atoms with Crippen LogP contribution < -0.4 is 11.1 Å². The van der Waals surface area contributed by atoms with Gasteiger partial charge >= 0.3 is 6.03 Å². The number of unbranched alkanes of at least 4 members (excludes halogenated alkanes) is 9. The van der Waals surface area contributed by atoms with Gasteiger partial charge in [0, 0.05) is 0 Å². The average Bonchev–Trinajstić information content (AvgIpc) is 2.91. The van der Waals surface area contributed by atoms with Gasteiger partial charge in [0.1, 0.15) is 4.32 Å². The molecule has 2 aromatic carbocycles. The Bertz CT molecular complexity index is 745. The number of rotatable bonds is 13. The van der Waals surface area contributed by atoms with Crippen molar-refractivity contribution in [3.05, 3.63) is 60.7 Å². The van der Waals surface area contributed by atoms with E-state index in [9.17, 15) is 9.59 Å². The van der Waals surface area contributed by atoms with E-state index in [1.54, 1.807) is 0 Å². The number of urea groups is 1. The molecule has 0 heterocycles. The molecule has 0 saturated carbocycles. The Morgan fingerprint density at radius 3 is 1.28 bits per heavy atom. The quantitative estimate of drug-likeness (QED) is 0.189. The van der Waals surface area contributed by atoms with Crippen molar-refractivity contribution in [3.8, 4) is 11.1 Å². The van der Waals surface area contributed by atoms with Gasteiger partial charge in [-0.2, -0.15) is 0 Å². The minimum absolute atomic E-state index is 0.375. The molecule has 0 aliphatic rings. The highest BCUT2D eigenvalue weighted by atomic mass is 79.9. The predicted molar refractivity (Wildman–Crippen MR) is 159 cm³/mol. The summed E-state index contributed by atoms with van der Waals surface area (Å²) in [5.74, 6) is -0.375. The van der Waals surface area contributed by atoms with Crippen molar-refractivity contribution in [1.82, 2.24) is 5.32 Å². The summed E-state index contributed by atoms with van der Waals surface area (Å²) < 4.78 is -0.665. The second kappa shape index (κ2) is 22.1. The maximum Gasteiger partial charge on any atom is 0.318 e. The highest BCUT2D eigenvalue weighted by Crippen LogP contribution is 2.26. The van der Waals surface area contributed by atoms with Crippen LogP contribution in [0.2, 0.25) is 0 Å². The fourth-order valence-electron chi connectivity index (χ4n) is 3.62. The summed E-state index contributed by atoms with van der Waals surface area (Å²) >= 11 is 3.26. The summed E-state index contributed by atoms with van der Waals surface area (Å²) in [6, 6.07) is 20.0. The molecule has 0 aromatic heterocycles. The van der Waals surface area contributed by atoms with E-state index in [1.165, 1.54) is 75.3 Å². The van der Waals surface area contributed by atoms with E-state index in [1.807, 2.05) is 31.3 Å². The molecule has 5 heteroatoms. The third kappa shape index (κ3) is 16.5. The summed E-state index contributed by atoms with van der Waals surface area (Å²) in [5, 5.41) is 2.04. The molecule has 0 bridgehead atoms. The maximum atomic E-state index is 11.3. The first-order chi connectivity index (χ1) is 17.3. The lowest BCUT2D eigenvalue weighted by Gasteiger charge is -2.21. The Morgan fingerprint density at radius 2 is 1.00 bits per heavy atom. The summed E-state index contributed by atoms with van der Waals surface area (Å²) in [4.78, 5) is 21.6. The van der Waals surface area contributed by atoms with Crippen LogP contribution in [0.15, 0.2) is 60.7 Å². The zero-order valence-corrected chi connectivity index (χ0v) is 24.6. The lowest BCUT2D eigenvalue weighted by molar-refractivity contribution is -0.122. The number of primary amides is 1. The Labute approximate surface area is 229 Å². The number of imide groups is 1. The van der Waals surface area contributed by atoms with Crippen LogP contribution in [0.5, 0.6) is 0 Å². The van der Waals surface area contributed by atoms with E-state index >= 15 is 0 Å². The SMILES string of the molecule is CCC(Br)(CC)C(=O)NC(N)=O.CCCCCCCCCCCC.c1ccc(-c2ccccc2)cc1. The fraction of sp³-hybridized carbons (Fsp3) is 0.548. The number of carbonyl (C=O) groups excluding carboxylic acids is 2. The number of nitrogens with one attached hydrogen (secondary N) is 1. The van der Waals surface area contributed by atoms with E-state index in [-0.39, 0.29) is 5.91 Å². The van der Waals surface area contributed by atoms with Gasteiger partial charge in [-0.25, -0.2) is 4.79 Å². The van der Waals surface area contributed by atoms with Gasteiger partial charge in [-0.3, -0.25) is 10.1 Å². The summed E-state index contributed by atoms with van der Waals surface area (Å²) in [6.45, 7) is 8.28. The first kappa shape index (κ1) is 33.9. The molecular formula is C31H49BrN2O2. The Morgan fingerprint density at radius 1 is 0.667 bits per heavy atom. The normalized spacial score (nSPS) is 10.4. The van der Waals surface area contributed by atoms with Gasteiger partial charge in [0.05, 0.1) is 0 Å². The summed E-state index contributed by atoms with van der Waals surface area (Å²) in [6.07, 6.45) is 15.7. The number of halogens is 1. The molecule has 0 unspecified atom stereocenters. The van der Waals surface area contributed by atoms with E-state index in [2.05, 4.69) is 78.3 Å². The van der Waals surface area contributed by atoms with Gasteiger partial charge < -0.3 is 5.73 Å². The average molecular weight is 562 g/mol. The minimum atomic E-state index is -0.814. The number of amides is 3. The number of benzene rings is 2. The molecule has 0 aliphatic heterocycles. The highest BCUT2D eigenvalue weighted by Gasteiger charge is 2.32. The van der Waals surface area contributed by atoms with E-state index in [4.69, 9.17) is 5.73 Å². The van der Waals surface area contributed by atoms with E-state index in [0.29, 0.717) is 12.8 Å². The molecule has 0 saturated heterocycles. The molecule has 0 fully saturated rings. The van der Waals surface area contributed by atoms with Crippen LogP contribution in [-0.4, -0.2) is 16.3 Å². The molecule has 36 heavy (non-hydrogen) atoms. The zero-order chi connectivity index (χ0) is 27.1. The number of carbonyl (C=O) groups is 2. The molecule has 4 nitrogen and oxygen atoms in total. The molecule has 0 atom stereocenters. The molecule has 3 amide bonds. The third-order valence-corrected chi connectivity index (χ3v) is 7.58. The van der Waals surface area contributed by atoms with Gasteiger partial charge in [-0.05, 0) is 24.0 Å². The predicted octanol–water partition coefficient (Wildman–Crippen LogP) is 9.42. The number of alkyl halides is 1. The second-order valence-electron chi connectivity index (χ2n) is 9.05. The van der Waals surface area contributed by atoms with Crippen molar-refractivity contribution in [2.24, 2.45) is 5.73 Å². The van der Waals surface area contributed by atoms with Gasteiger partial charge in [0.25, 0.3) is 0 Å². The largest absolute Gasteiger partial charge is 0.351 e. The summed E-state index contributed by atoms with van der Waals surface area (Å²) in [5.41, 5.74) is 7.36. The molecule has 2 rings (SSSR count). The number of hydrogen-bond acceptors (Lipinski definition) is 2. The Hall–Kier alpha value is -2.14. The molecule has 0 aliphatic carbocycles. The first-order valence-electron chi connectivity index (χ1n) is 13.7. The minimum Gasteiger partial charge on any atom is -0.351 e. The van der Waals surface area contributed by atoms with Crippen LogP contribution >= 0.6 is 15.9 Å². The number of hydrogen-bond donors (Lipinski definition) is 2. The lowest BCUT2D eigenvalue weighted by atomic mass is 10.0. The van der Waals surface area contributed by atoms with Crippen molar-refractivity contribution in [3.63, 3.8) is 0 Å².